The van der Waals surface area contributed by atoms with E-state index in [9.17, 15) is 18.0 Å². The molecule has 0 aliphatic carbocycles. The topological polar surface area (TPSA) is 74.4 Å². The fourth-order valence-electron chi connectivity index (χ4n) is 1.19. The molecule has 0 fully saturated rings. The summed E-state index contributed by atoms with van der Waals surface area (Å²) in [6, 6.07) is 0. The summed E-state index contributed by atoms with van der Waals surface area (Å²) in [4.78, 5) is 14.3. The molecular formula is C9H9F3N2O3. The van der Waals surface area contributed by atoms with E-state index in [0.29, 0.717) is 0 Å². The number of carbonyl (C=O) groups is 1. The van der Waals surface area contributed by atoms with Crippen LogP contribution in [0.2, 0.25) is 0 Å². The minimum absolute atomic E-state index is 0.0670. The molecule has 0 unspecified atom stereocenters. The first-order valence-corrected chi connectivity index (χ1v) is 4.39. The van der Waals surface area contributed by atoms with Crippen molar-refractivity contribution < 1.29 is 27.4 Å². The Labute approximate surface area is 94.3 Å². The first kappa shape index (κ1) is 13.2. The van der Waals surface area contributed by atoms with Crippen molar-refractivity contribution in [1.82, 2.24) is 4.98 Å². The molecule has 17 heavy (non-hydrogen) atoms. The van der Waals surface area contributed by atoms with Gasteiger partial charge in [-0.05, 0) is 0 Å². The Balaban J connectivity index is 3.35. The second-order valence-corrected chi connectivity index (χ2v) is 2.89. The van der Waals surface area contributed by atoms with Crippen LogP contribution < -0.4 is 15.2 Å². The standard InChI is InChI=1S/C9H9F3N2O3/c1-16-8-6(2-13)14-3-5(4-15)7(8)17-9(10,11)12/h3-4H,2,13H2,1H3. The van der Waals surface area contributed by atoms with Crippen molar-refractivity contribution in [1.29, 1.82) is 0 Å². The predicted molar refractivity (Wildman–Crippen MR) is 50.8 cm³/mol. The molecule has 5 nitrogen and oxygen atoms in total. The van der Waals surface area contributed by atoms with Crippen molar-refractivity contribution in [2.24, 2.45) is 5.73 Å². The number of alkyl halides is 3. The zero-order valence-electron chi connectivity index (χ0n) is 8.75. The Morgan fingerprint density at radius 2 is 2.12 bits per heavy atom. The summed E-state index contributed by atoms with van der Waals surface area (Å²) in [7, 11) is 1.13. The Kier molecular flexibility index (Phi) is 3.89. The van der Waals surface area contributed by atoms with Gasteiger partial charge in [-0.1, -0.05) is 0 Å². The van der Waals surface area contributed by atoms with Gasteiger partial charge in [-0.15, -0.1) is 13.2 Å². The van der Waals surface area contributed by atoms with Gasteiger partial charge >= 0.3 is 6.36 Å². The molecule has 2 N–H and O–H groups in total. The van der Waals surface area contributed by atoms with Crippen LogP contribution in [0.1, 0.15) is 16.1 Å². The maximum atomic E-state index is 12.2. The van der Waals surface area contributed by atoms with E-state index in [1.54, 1.807) is 0 Å². The van der Waals surface area contributed by atoms with E-state index in [1.165, 1.54) is 0 Å². The van der Waals surface area contributed by atoms with Crippen molar-refractivity contribution >= 4 is 6.29 Å². The monoisotopic (exact) mass is 250 g/mol. The molecule has 1 aromatic rings. The zero-order valence-corrected chi connectivity index (χ0v) is 8.75. The number of nitrogens with two attached hydrogens (primary N) is 1. The van der Waals surface area contributed by atoms with Crippen molar-refractivity contribution in [3.05, 3.63) is 17.5 Å². The molecule has 0 atom stereocenters. The quantitative estimate of drug-likeness (QED) is 0.814. The smallest absolute Gasteiger partial charge is 0.491 e. The van der Waals surface area contributed by atoms with E-state index >= 15 is 0 Å². The Bertz CT molecular complexity index is 421. The summed E-state index contributed by atoms with van der Waals surface area (Å²) in [6.45, 7) is -0.142. The molecule has 0 spiro atoms. The highest BCUT2D eigenvalue weighted by Gasteiger charge is 2.34. The normalized spacial score (nSPS) is 11.1. The highest BCUT2D eigenvalue weighted by molar-refractivity contribution is 5.80. The van der Waals surface area contributed by atoms with E-state index in [0.717, 1.165) is 13.3 Å². The second-order valence-electron chi connectivity index (χ2n) is 2.89. The SMILES string of the molecule is COc1c(CN)ncc(C=O)c1OC(F)(F)F. The molecule has 0 aliphatic rings. The average Bonchev–Trinajstić information content (AvgIpc) is 2.26. The molecule has 0 aromatic carbocycles. The summed E-state index contributed by atoms with van der Waals surface area (Å²) in [5.41, 5.74) is 4.99. The molecule has 0 radical (unpaired) electrons. The van der Waals surface area contributed by atoms with Crippen molar-refractivity contribution in [3.63, 3.8) is 0 Å². The number of aromatic nitrogens is 1. The van der Waals surface area contributed by atoms with Gasteiger partial charge in [0.1, 0.15) is 0 Å². The number of hydrogen-bond donors (Lipinski definition) is 1. The lowest BCUT2D eigenvalue weighted by Crippen LogP contribution is -2.19. The van der Waals surface area contributed by atoms with Crippen LogP contribution in [0, 0.1) is 0 Å². The molecule has 0 saturated carbocycles. The predicted octanol–water partition coefficient (Wildman–Crippen LogP) is 1.26. The molecule has 1 heterocycles. The van der Waals surface area contributed by atoms with Crippen LogP contribution in [-0.2, 0) is 6.54 Å². The molecule has 0 amide bonds. The summed E-state index contributed by atoms with van der Waals surface area (Å²) in [5, 5.41) is 0. The van der Waals surface area contributed by atoms with Crippen molar-refractivity contribution in [2.75, 3.05) is 7.11 Å². The molecule has 1 aromatic heterocycles. The third-order valence-electron chi connectivity index (χ3n) is 1.83. The first-order chi connectivity index (χ1) is 7.92. The zero-order chi connectivity index (χ0) is 13.1. The van der Waals surface area contributed by atoms with Gasteiger partial charge in [0.25, 0.3) is 0 Å². The Morgan fingerprint density at radius 1 is 1.47 bits per heavy atom. The maximum Gasteiger partial charge on any atom is 0.573 e. The van der Waals surface area contributed by atoms with Crippen LogP contribution in [0.25, 0.3) is 0 Å². The van der Waals surface area contributed by atoms with E-state index in [1.807, 2.05) is 0 Å². The van der Waals surface area contributed by atoms with E-state index < -0.39 is 12.1 Å². The lowest BCUT2D eigenvalue weighted by molar-refractivity contribution is -0.275. The fraction of sp³-hybridized carbons (Fsp3) is 0.333. The minimum Gasteiger partial charge on any atom is -0.491 e. The third kappa shape index (κ3) is 3.06. The van der Waals surface area contributed by atoms with Gasteiger partial charge in [-0.25, -0.2) is 0 Å². The molecule has 8 heteroatoms. The van der Waals surface area contributed by atoms with E-state index in [2.05, 4.69) is 9.72 Å². The number of aldehydes is 1. The largest absolute Gasteiger partial charge is 0.573 e. The van der Waals surface area contributed by atoms with Crippen LogP contribution in [-0.4, -0.2) is 24.7 Å². The van der Waals surface area contributed by atoms with Crippen LogP contribution in [0.5, 0.6) is 11.5 Å². The molecule has 94 valence electrons. The Hall–Kier alpha value is -1.83. The summed E-state index contributed by atoms with van der Waals surface area (Å²) < 4.78 is 45.0. The third-order valence-corrected chi connectivity index (χ3v) is 1.83. The van der Waals surface area contributed by atoms with E-state index in [-0.39, 0.29) is 29.8 Å². The van der Waals surface area contributed by atoms with Gasteiger partial charge < -0.3 is 15.2 Å². The van der Waals surface area contributed by atoms with Gasteiger partial charge in [0, 0.05) is 12.7 Å². The first-order valence-electron chi connectivity index (χ1n) is 4.39. The van der Waals surface area contributed by atoms with Crippen molar-refractivity contribution in [2.45, 2.75) is 12.9 Å². The molecule has 0 aliphatic heterocycles. The number of pyridine rings is 1. The lowest BCUT2D eigenvalue weighted by atomic mass is 10.2. The number of ether oxygens (including phenoxy) is 2. The number of halogens is 3. The number of carbonyl (C=O) groups excluding carboxylic acids is 1. The molecular weight excluding hydrogens is 241 g/mol. The second kappa shape index (κ2) is 5.00. The minimum atomic E-state index is -4.93. The number of hydrogen-bond acceptors (Lipinski definition) is 5. The number of rotatable bonds is 4. The molecule has 0 bridgehead atoms. The average molecular weight is 250 g/mol. The highest BCUT2D eigenvalue weighted by atomic mass is 19.4. The van der Waals surface area contributed by atoms with Gasteiger partial charge in [-0.3, -0.25) is 9.78 Å². The van der Waals surface area contributed by atoms with Gasteiger partial charge in [0.2, 0.25) is 0 Å². The molecule has 1 rings (SSSR count). The summed E-state index contributed by atoms with van der Waals surface area (Å²) in [6.07, 6.45) is -3.80. The van der Waals surface area contributed by atoms with Gasteiger partial charge in [0.05, 0.1) is 18.4 Å². The maximum absolute atomic E-state index is 12.2. The van der Waals surface area contributed by atoms with Crippen LogP contribution in [0.4, 0.5) is 13.2 Å². The number of methoxy groups -OCH3 is 1. The van der Waals surface area contributed by atoms with E-state index in [4.69, 9.17) is 10.5 Å². The lowest BCUT2D eigenvalue weighted by Gasteiger charge is -2.15. The fourth-order valence-corrected chi connectivity index (χ4v) is 1.19. The highest BCUT2D eigenvalue weighted by Crippen LogP contribution is 2.36. The van der Waals surface area contributed by atoms with Crippen LogP contribution in [0.15, 0.2) is 6.20 Å². The van der Waals surface area contributed by atoms with Gasteiger partial charge in [-0.2, -0.15) is 0 Å². The van der Waals surface area contributed by atoms with Crippen molar-refractivity contribution in [3.8, 4) is 11.5 Å². The summed E-state index contributed by atoms with van der Waals surface area (Å²) in [5.74, 6) is -1.03. The summed E-state index contributed by atoms with van der Waals surface area (Å²) >= 11 is 0. The van der Waals surface area contributed by atoms with Gasteiger partial charge in [0.15, 0.2) is 17.8 Å². The van der Waals surface area contributed by atoms with Crippen LogP contribution >= 0.6 is 0 Å². The number of nitrogens with zero attached hydrogens (tertiary/aromatic N) is 1. The Morgan fingerprint density at radius 3 is 2.53 bits per heavy atom. The van der Waals surface area contributed by atoms with Crippen LogP contribution in [0.3, 0.4) is 0 Å². The molecule has 0 saturated heterocycles.